The van der Waals surface area contributed by atoms with E-state index in [9.17, 15) is 20.8 Å². The molecule has 2 heterocycles. The highest BCUT2D eigenvalue weighted by atomic mass is 19.4. The van der Waals surface area contributed by atoms with Crippen molar-refractivity contribution in [3.05, 3.63) is 92.5 Å². The van der Waals surface area contributed by atoms with E-state index in [0.717, 1.165) is 48.6 Å². The Kier molecular flexibility index (Phi) is 5.99. The van der Waals surface area contributed by atoms with Crippen molar-refractivity contribution >= 4 is 11.7 Å². The largest absolute Gasteiger partial charge is 0.714 e. The highest BCUT2D eigenvalue weighted by molar-refractivity contribution is 6.03. The second kappa shape index (κ2) is 8.57. The van der Waals surface area contributed by atoms with E-state index in [0.29, 0.717) is 9.80 Å². The molecule has 14 heteroatoms. The van der Waals surface area contributed by atoms with Crippen molar-refractivity contribution in [3.8, 4) is 0 Å². The lowest BCUT2D eigenvalue weighted by Crippen LogP contribution is -2.65. The van der Waals surface area contributed by atoms with Gasteiger partial charge in [0.25, 0.3) is 0 Å². The molecule has 0 aromatic carbocycles. The third-order valence-corrected chi connectivity index (χ3v) is 11.6. The summed E-state index contributed by atoms with van der Waals surface area (Å²) in [5.41, 5.74) is -17.5. The molecule has 2 aliphatic heterocycles. The van der Waals surface area contributed by atoms with Gasteiger partial charge in [0.2, 0.25) is 0 Å². The Morgan fingerprint density at radius 1 is 0.609 bits per heavy atom. The van der Waals surface area contributed by atoms with Crippen LogP contribution in [0, 0.1) is 21.2 Å². The Bertz CT molecular complexity index is 1780. The molecule has 2 atom stereocenters. The number of halogens is 6. The fraction of sp³-hybridized carbons (Fsp3) is 0.500. The summed E-state index contributed by atoms with van der Waals surface area (Å²) in [6.07, 6.45) is -4.15. The van der Waals surface area contributed by atoms with Gasteiger partial charge in [0.1, 0.15) is 21.9 Å². The lowest BCUT2D eigenvalue weighted by atomic mass is 9.43. The van der Waals surface area contributed by atoms with Gasteiger partial charge in [-0.15, -0.1) is 0 Å². The van der Waals surface area contributed by atoms with Crippen molar-refractivity contribution in [2.24, 2.45) is 10.8 Å². The van der Waals surface area contributed by atoms with Crippen LogP contribution < -0.4 is 0 Å². The summed E-state index contributed by atoms with van der Waals surface area (Å²) in [7, 11) is 0. The minimum Gasteiger partial charge on any atom is -0.714 e. The van der Waals surface area contributed by atoms with Crippen molar-refractivity contribution in [1.82, 2.24) is 10.1 Å². The average molecular weight is 651 g/mol. The van der Waals surface area contributed by atoms with Gasteiger partial charge in [-0.25, -0.2) is 0 Å². The molecule has 0 bridgehead atoms. The smallest absolute Gasteiger partial charge is 0.403 e. The first kappa shape index (κ1) is 32.2. The van der Waals surface area contributed by atoms with E-state index in [1.165, 1.54) is 55.4 Å². The monoisotopic (exact) mass is 650 g/mol. The molecule has 0 amide bonds. The summed E-state index contributed by atoms with van der Waals surface area (Å²) in [5, 5.41) is 54.7. The second-order valence-corrected chi connectivity index (χ2v) is 14.5. The Morgan fingerprint density at radius 2 is 1.07 bits per heavy atom. The number of hydrogen-bond donors (Lipinski definition) is 0. The van der Waals surface area contributed by atoms with Gasteiger partial charge in [0, 0.05) is 10.4 Å². The quantitative estimate of drug-likeness (QED) is 0.193. The first-order chi connectivity index (χ1) is 20.8. The van der Waals surface area contributed by atoms with Gasteiger partial charge in [0.05, 0.1) is 11.1 Å². The predicted octanol–water partition coefficient (Wildman–Crippen LogP) is 6.51. The molecule has 46 heavy (non-hydrogen) atoms. The first-order valence-corrected chi connectivity index (χ1v) is 14.5. The molecule has 0 N–H and O–H groups in total. The minimum atomic E-state index is -5.64. The van der Waals surface area contributed by atoms with Crippen LogP contribution in [0.1, 0.15) is 55.4 Å². The number of hydroxylamine groups is 6. The molecule has 0 spiro atoms. The van der Waals surface area contributed by atoms with Crippen LogP contribution >= 0.6 is 0 Å². The van der Waals surface area contributed by atoms with Crippen molar-refractivity contribution in [2.75, 3.05) is 0 Å². The summed E-state index contributed by atoms with van der Waals surface area (Å²) >= 11 is 0. The van der Waals surface area contributed by atoms with Gasteiger partial charge in [0.15, 0.2) is 11.1 Å². The second-order valence-electron chi connectivity index (χ2n) is 14.5. The SMILES string of the molecule is CC1(C)N([O])C(C2=CC3=CC=C4C(C5=[N+]([O-])C(C)(C)C(C)(C)N5[O])=CC=C5C=CC(=C2)[C@]3(C(F)(F)F)[C@@]54C(F)(F)F)=[N+]([O-])C1(C)C. The van der Waals surface area contributed by atoms with Gasteiger partial charge in [-0.1, -0.05) is 40.5 Å². The molecule has 6 rings (SSSR count). The van der Waals surface area contributed by atoms with Crippen LogP contribution in [0.3, 0.4) is 0 Å². The van der Waals surface area contributed by atoms with Crippen LogP contribution in [-0.2, 0) is 10.4 Å². The van der Waals surface area contributed by atoms with E-state index >= 15 is 26.3 Å². The lowest BCUT2D eigenvalue weighted by molar-refractivity contribution is -0.539. The molecule has 0 aromatic rings. The Hall–Kier alpha value is -3.78. The maximum absolute atomic E-state index is 15.9. The van der Waals surface area contributed by atoms with E-state index < -0.39 is 84.9 Å². The van der Waals surface area contributed by atoms with E-state index in [2.05, 4.69) is 0 Å². The minimum absolute atomic E-state index is 0.259. The number of allylic oxidation sites excluding steroid dienone is 10. The van der Waals surface area contributed by atoms with Crippen LogP contribution in [-0.4, -0.2) is 65.8 Å². The topological polar surface area (TPSA) is 98.4 Å². The van der Waals surface area contributed by atoms with Gasteiger partial charge in [-0.05, 0) is 95.9 Å². The molecule has 0 fully saturated rings. The number of rotatable bonds is 2. The lowest BCUT2D eigenvalue weighted by Gasteiger charge is -2.59. The van der Waals surface area contributed by atoms with Crippen molar-refractivity contribution in [2.45, 2.75) is 89.9 Å². The third kappa shape index (κ3) is 3.15. The summed E-state index contributed by atoms with van der Waals surface area (Å²) in [6, 6.07) is 0. The highest BCUT2D eigenvalue weighted by Crippen LogP contribution is 2.76. The van der Waals surface area contributed by atoms with Crippen LogP contribution in [0.5, 0.6) is 0 Å². The van der Waals surface area contributed by atoms with Gasteiger partial charge < -0.3 is 10.4 Å². The van der Waals surface area contributed by atoms with Gasteiger partial charge in [-0.3, -0.25) is 9.48 Å². The molecule has 0 saturated heterocycles. The normalized spacial score (nSPS) is 32.1. The van der Waals surface area contributed by atoms with Crippen LogP contribution in [0.2, 0.25) is 0 Å². The molecule has 0 unspecified atom stereocenters. The van der Waals surface area contributed by atoms with E-state index in [1.807, 2.05) is 0 Å². The number of amidine groups is 2. The molecule has 8 nitrogen and oxygen atoms in total. The van der Waals surface area contributed by atoms with Crippen LogP contribution in [0.4, 0.5) is 26.3 Å². The maximum Gasteiger partial charge on any atom is 0.403 e. The van der Waals surface area contributed by atoms with Crippen molar-refractivity contribution < 1.29 is 46.2 Å². The van der Waals surface area contributed by atoms with E-state index in [4.69, 9.17) is 0 Å². The van der Waals surface area contributed by atoms with E-state index in [1.54, 1.807) is 0 Å². The molecule has 0 aromatic heterocycles. The Morgan fingerprint density at radius 3 is 1.52 bits per heavy atom. The molecule has 6 aliphatic rings. The van der Waals surface area contributed by atoms with Gasteiger partial charge in [-0.2, -0.15) is 26.3 Å². The number of hydrogen-bond acceptors (Lipinski definition) is 4. The fourth-order valence-electron chi connectivity index (χ4n) is 7.52. The Labute approximate surface area is 261 Å². The zero-order chi connectivity index (χ0) is 34.6. The number of nitrogens with zero attached hydrogens (tertiary/aromatic N) is 4. The zero-order valence-corrected chi connectivity index (χ0v) is 26.3. The molecular weight excluding hydrogens is 618 g/mol. The first-order valence-electron chi connectivity index (χ1n) is 14.5. The number of alkyl halides is 6. The predicted molar refractivity (Wildman–Crippen MR) is 153 cm³/mol. The molecule has 4 aliphatic carbocycles. The summed E-state index contributed by atoms with van der Waals surface area (Å²) in [6.45, 7) is 11.6. The zero-order valence-electron chi connectivity index (χ0n) is 26.3. The third-order valence-electron chi connectivity index (χ3n) is 11.6. The summed E-state index contributed by atoms with van der Waals surface area (Å²) < 4.78 is 96.0. The average Bonchev–Trinajstić information content (AvgIpc) is 3.13. The fourth-order valence-corrected chi connectivity index (χ4v) is 7.52. The van der Waals surface area contributed by atoms with Crippen molar-refractivity contribution in [1.29, 1.82) is 0 Å². The molecule has 0 saturated carbocycles. The van der Waals surface area contributed by atoms with Crippen LogP contribution in [0.15, 0.2) is 82.0 Å². The molecule has 2 radical (unpaired) electrons. The van der Waals surface area contributed by atoms with Crippen molar-refractivity contribution in [3.63, 3.8) is 0 Å². The summed E-state index contributed by atoms with van der Waals surface area (Å²) in [4.78, 5) is 0. The molecular formula is C32H32F6N4O4. The Balaban J connectivity index is 1.71. The standard InChI is InChI=1S/C32H32F6N4O4/c1-25(2)26(3,4)40(44)23(39(25)43)17-15-19-10-9-18-11-13-21(24-41(45)27(5,6)28(7,8)42(24)46)22-14-12-20(16-17)29(19,31(33,34)35)30(18,22)32(36,37)38/h9-16H,1-8H3/t29-,30-/m1/s1. The highest BCUT2D eigenvalue weighted by Gasteiger charge is 2.83. The van der Waals surface area contributed by atoms with Crippen LogP contribution in [0.25, 0.3) is 0 Å². The summed E-state index contributed by atoms with van der Waals surface area (Å²) in [5.74, 6) is -1.28. The maximum atomic E-state index is 15.9. The van der Waals surface area contributed by atoms with Gasteiger partial charge >= 0.3 is 24.0 Å². The van der Waals surface area contributed by atoms with E-state index in [-0.39, 0.29) is 15.4 Å². The molecule has 246 valence electrons.